The van der Waals surface area contributed by atoms with Crippen molar-refractivity contribution in [2.24, 2.45) is 35.3 Å². The van der Waals surface area contributed by atoms with Crippen LogP contribution < -0.4 is 69.5 Å². The number of ether oxygens (including phenoxy) is 1. The highest BCUT2D eigenvalue weighted by Gasteiger charge is 2.61. The number of esters is 1. The molecule has 3 rings (SSSR count). The first kappa shape index (κ1) is 78.5. The summed E-state index contributed by atoms with van der Waals surface area (Å²) in [6.45, 7) is 16.3. The van der Waals surface area contributed by atoms with Gasteiger partial charge in [0.05, 0.1) is 19.3 Å². The molecule has 1 spiro atoms. The predicted octanol–water partition coefficient (Wildman–Crippen LogP) is -1.85. The molecule has 1 saturated carbocycles. The Morgan fingerprint density at radius 2 is 1.14 bits per heavy atom. The molecule has 1 aliphatic carbocycles. The van der Waals surface area contributed by atoms with Crippen LogP contribution in [-0.4, -0.2) is 186 Å². The van der Waals surface area contributed by atoms with Gasteiger partial charge in [-0.3, -0.25) is 57.5 Å². The molecule has 2 aliphatic rings. The van der Waals surface area contributed by atoms with Crippen molar-refractivity contribution < 1.29 is 77.3 Å². The standard InChI is InChI=1S/C63H103N13O16/c1-13-18-24-46(80)66-28-27-40-30-63(40)62(91)75-50(36(9)17-5)61(90)92-38(11)51(60(89)67-37(10)52(81)76-63)74-56(85)44(32-78)70-58(87)48(34(7)15-3)73-59(88)49(35(8)16-4)71-53(82)41(25-26-45(64)79)68-55(84)43(31-77)69-57(86)47(33(6)14-2)72-54(83)42(65-12)29-39-22-20-19-21-23-39/h19-23,33-38,40-44,47-51,65,77-78H,13-18,24-32H2,1-12H3,(H2,64,79)(H,66,80)(H,67,89)(H,68,84)(H,69,86)(H,70,87)(H,71,82)(H,72,83)(H,73,88)(H,74,85)(H,75,91)(H,76,81)/t33-,34-,35-,36-,37-,38-,40?,41+,42+,43-,44-,47-,48-,49+,50-,51+,63?/m0/s1. The van der Waals surface area contributed by atoms with E-state index in [0.29, 0.717) is 38.5 Å². The molecular formula is C63H103N13O16. The minimum absolute atomic E-state index is 0.157. The second kappa shape index (κ2) is 38.3. The van der Waals surface area contributed by atoms with E-state index >= 15 is 0 Å². The molecule has 29 nitrogen and oxygen atoms in total. The van der Waals surface area contributed by atoms with Crippen LogP contribution in [0.2, 0.25) is 0 Å². The summed E-state index contributed by atoms with van der Waals surface area (Å²) in [5, 5.41) is 52.6. The van der Waals surface area contributed by atoms with E-state index < -0.39 is 199 Å². The Hall–Kier alpha value is -7.79. The topological polar surface area (TPSA) is 442 Å². The summed E-state index contributed by atoms with van der Waals surface area (Å²) in [6.07, 6.45) is 1.57. The number of cyclic esters (lactones) is 1. The molecule has 0 radical (unpaired) electrons. The molecule has 2 fully saturated rings. The highest BCUT2D eigenvalue weighted by Crippen LogP contribution is 2.46. The van der Waals surface area contributed by atoms with Gasteiger partial charge < -0.3 is 84.5 Å². The maximum absolute atomic E-state index is 14.4. The van der Waals surface area contributed by atoms with Crippen molar-refractivity contribution in [1.29, 1.82) is 0 Å². The van der Waals surface area contributed by atoms with Crippen LogP contribution >= 0.6 is 0 Å². The van der Waals surface area contributed by atoms with Crippen LogP contribution in [0.1, 0.15) is 152 Å². The fourth-order valence-corrected chi connectivity index (χ4v) is 10.4. The minimum Gasteiger partial charge on any atom is -0.458 e. The van der Waals surface area contributed by atoms with Crippen molar-refractivity contribution in [3.63, 3.8) is 0 Å². The van der Waals surface area contributed by atoms with Crippen molar-refractivity contribution in [2.45, 2.75) is 225 Å². The second-order valence-electron chi connectivity index (χ2n) is 24.5. The Kier molecular flexibility index (Phi) is 32.6. The molecule has 0 bridgehead atoms. The van der Waals surface area contributed by atoms with Crippen LogP contribution in [0.25, 0.3) is 0 Å². The summed E-state index contributed by atoms with van der Waals surface area (Å²) >= 11 is 0. The lowest BCUT2D eigenvalue weighted by Gasteiger charge is -2.31. The molecule has 1 aliphatic heterocycles. The molecule has 1 aromatic carbocycles. The zero-order valence-corrected chi connectivity index (χ0v) is 55.4. The van der Waals surface area contributed by atoms with E-state index in [2.05, 4.69) is 63.8 Å². The summed E-state index contributed by atoms with van der Waals surface area (Å²) < 4.78 is 5.78. The number of hydrogen-bond acceptors (Lipinski definition) is 17. The molecule has 0 aromatic heterocycles. The van der Waals surface area contributed by atoms with Crippen LogP contribution in [0.5, 0.6) is 0 Å². The maximum atomic E-state index is 14.4. The van der Waals surface area contributed by atoms with Gasteiger partial charge in [0.1, 0.15) is 66.0 Å². The first-order chi connectivity index (χ1) is 43.5. The first-order valence-electron chi connectivity index (χ1n) is 32.3. The van der Waals surface area contributed by atoms with Crippen molar-refractivity contribution in [1.82, 2.24) is 63.8 Å². The predicted molar refractivity (Wildman–Crippen MR) is 338 cm³/mol. The van der Waals surface area contributed by atoms with Gasteiger partial charge in [0, 0.05) is 19.4 Å². The number of aliphatic hydroxyl groups excluding tert-OH is 2. The lowest BCUT2D eigenvalue weighted by atomic mass is 9.94. The smallest absolute Gasteiger partial charge is 0.329 e. The van der Waals surface area contributed by atoms with E-state index in [0.717, 1.165) is 12.0 Å². The van der Waals surface area contributed by atoms with Gasteiger partial charge in [-0.2, -0.15) is 0 Å². The molecule has 16 N–H and O–H groups in total. The van der Waals surface area contributed by atoms with Crippen LogP contribution in [0.3, 0.4) is 0 Å². The average molecular weight is 1300 g/mol. The molecule has 92 heavy (non-hydrogen) atoms. The largest absolute Gasteiger partial charge is 0.458 e. The first-order valence-corrected chi connectivity index (χ1v) is 32.3. The van der Waals surface area contributed by atoms with Gasteiger partial charge in [0.25, 0.3) is 0 Å². The number of hydrogen-bond donors (Lipinski definition) is 15. The normalized spacial score (nSPS) is 22.7. The molecule has 1 heterocycles. The number of primary amides is 1. The third-order valence-electron chi connectivity index (χ3n) is 17.6. The Bertz CT molecular complexity index is 2710. The molecule has 1 saturated heterocycles. The Labute approximate surface area is 539 Å². The summed E-state index contributed by atoms with van der Waals surface area (Å²) in [7, 11) is 1.60. The Balaban J connectivity index is 1.85. The van der Waals surface area contributed by atoms with Gasteiger partial charge in [-0.25, -0.2) is 4.79 Å². The van der Waals surface area contributed by atoms with E-state index in [1.165, 1.54) is 13.8 Å². The summed E-state index contributed by atoms with van der Waals surface area (Å²) in [5.74, 6) is -13.7. The lowest BCUT2D eigenvalue weighted by molar-refractivity contribution is -0.157. The van der Waals surface area contributed by atoms with Crippen molar-refractivity contribution in [3.05, 3.63) is 35.9 Å². The number of unbranched alkanes of at least 4 members (excludes halogenated alkanes) is 1. The monoisotopic (exact) mass is 1300 g/mol. The summed E-state index contributed by atoms with van der Waals surface area (Å²) in [4.78, 5) is 179. The van der Waals surface area contributed by atoms with Gasteiger partial charge in [-0.05, 0) is 88.2 Å². The van der Waals surface area contributed by atoms with E-state index in [-0.39, 0.29) is 31.7 Å². The number of carbonyl (C=O) groups is 13. The zero-order valence-electron chi connectivity index (χ0n) is 55.4. The van der Waals surface area contributed by atoms with Gasteiger partial charge in [0.15, 0.2) is 0 Å². The molecule has 1 aromatic rings. The third-order valence-corrected chi connectivity index (χ3v) is 17.6. The molecule has 516 valence electrons. The maximum Gasteiger partial charge on any atom is 0.329 e. The van der Waals surface area contributed by atoms with E-state index in [1.807, 2.05) is 37.3 Å². The van der Waals surface area contributed by atoms with E-state index in [4.69, 9.17) is 10.5 Å². The number of benzene rings is 1. The zero-order chi connectivity index (χ0) is 69.2. The number of aliphatic hydroxyl groups is 2. The SMILES string of the molecule is CCCCC(=O)NCCC1CC12NC(=O)[C@H](C)NC(=O)[C@H](NC(=O)[C@H](CO)NC(=O)[C@@H](NC(=O)[C@H](NC(=O)[C@@H](CCC(N)=O)NC(=O)[C@H](CO)NC(=O)[C@@H](NC(=O)[C@@H](Cc1ccccc1)NC)[C@@H](C)CC)[C@@H](C)CC)[C@@H](C)CC)[C@H](C)OC(=O)[C@H]([C@@H](C)CC)NC2=O. The second-order valence-corrected chi connectivity index (χ2v) is 24.5. The number of likely N-dealkylation sites (N-methyl/N-ethyl adjacent to an activating group) is 1. The summed E-state index contributed by atoms with van der Waals surface area (Å²) in [5.41, 5.74) is 4.82. The number of amides is 12. The van der Waals surface area contributed by atoms with Crippen molar-refractivity contribution >= 4 is 76.9 Å². The van der Waals surface area contributed by atoms with Crippen LogP contribution in [0.4, 0.5) is 0 Å². The quantitative estimate of drug-likeness (QED) is 0.0328. The fraction of sp³-hybridized carbons (Fsp3) is 0.698. The van der Waals surface area contributed by atoms with Crippen molar-refractivity contribution in [2.75, 3.05) is 26.8 Å². The number of nitrogens with two attached hydrogens (primary N) is 1. The average Bonchev–Trinajstić information content (AvgIpc) is 1.58. The van der Waals surface area contributed by atoms with E-state index in [9.17, 15) is 72.5 Å². The van der Waals surface area contributed by atoms with Crippen LogP contribution in [-0.2, 0) is 73.5 Å². The van der Waals surface area contributed by atoms with Crippen LogP contribution in [0.15, 0.2) is 30.3 Å². The minimum atomic E-state index is -1.83. The van der Waals surface area contributed by atoms with Gasteiger partial charge in [-0.15, -0.1) is 0 Å². The van der Waals surface area contributed by atoms with E-state index in [1.54, 1.807) is 62.4 Å². The van der Waals surface area contributed by atoms with Crippen LogP contribution in [0, 0.1) is 29.6 Å². The highest BCUT2D eigenvalue weighted by molar-refractivity contribution is 6.01. The number of nitrogens with one attached hydrogen (secondary N) is 12. The molecule has 29 heteroatoms. The fourth-order valence-electron chi connectivity index (χ4n) is 10.4. The molecule has 12 amide bonds. The Morgan fingerprint density at radius 3 is 1.64 bits per heavy atom. The van der Waals surface area contributed by atoms with Gasteiger partial charge in [0.2, 0.25) is 70.9 Å². The number of carbonyl (C=O) groups excluding carboxylic acids is 13. The molecule has 17 atom stereocenters. The van der Waals surface area contributed by atoms with Gasteiger partial charge >= 0.3 is 5.97 Å². The summed E-state index contributed by atoms with van der Waals surface area (Å²) in [6, 6.07) is -5.17. The highest BCUT2D eigenvalue weighted by atomic mass is 16.5. The lowest BCUT2D eigenvalue weighted by Crippen LogP contribution is -2.63. The van der Waals surface area contributed by atoms with Crippen molar-refractivity contribution in [3.8, 4) is 0 Å². The van der Waals surface area contributed by atoms with Gasteiger partial charge in [-0.1, -0.05) is 125 Å². The number of rotatable bonds is 36. The molecule has 2 unspecified atom stereocenters. The Morgan fingerprint density at radius 1 is 0.641 bits per heavy atom. The molecular weight excluding hydrogens is 1190 g/mol. The third kappa shape index (κ3) is 23.1.